The Kier molecular flexibility index (Phi) is 9.18. The van der Waals surface area contributed by atoms with E-state index in [9.17, 15) is 9.81 Å². The van der Waals surface area contributed by atoms with E-state index in [4.69, 9.17) is 14.5 Å². The normalized spacial score (nSPS) is 18.8. The Balaban J connectivity index is 1.31. The van der Waals surface area contributed by atoms with E-state index in [2.05, 4.69) is 83.5 Å². The molecule has 0 fully saturated rings. The molecule has 1 aliphatic heterocycles. The summed E-state index contributed by atoms with van der Waals surface area (Å²) in [6, 6.07) is 37.6. The van der Waals surface area contributed by atoms with Gasteiger partial charge in [0.15, 0.2) is 0 Å². The number of benzene rings is 4. The average Bonchev–Trinajstić information content (AvgIpc) is 3.12. The molecule has 0 bridgehead atoms. The lowest BCUT2D eigenvalue weighted by atomic mass is 9.69. The summed E-state index contributed by atoms with van der Waals surface area (Å²) in [5.74, 6) is 0.668. The van der Waals surface area contributed by atoms with E-state index in [1.54, 1.807) is 6.26 Å². The molecule has 8 heteroatoms. The fraction of sp³-hybridized carbons (Fsp3) is 0.275. The molecule has 5 aromatic rings. The van der Waals surface area contributed by atoms with Gasteiger partial charge in [-0.3, -0.25) is 0 Å². The molecule has 0 saturated heterocycles. The van der Waals surface area contributed by atoms with Gasteiger partial charge in [-0.1, -0.05) is 104 Å². The number of ether oxygens (including phenoxy) is 2. The summed E-state index contributed by atoms with van der Waals surface area (Å²) < 4.78 is 25.9. The van der Waals surface area contributed by atoms with E-state index in [0.29, 0.717) is 37.6 Å². The minimum atomic E-state index is -1.41. The second-order valence-electron chi connectivity index (χ2n) is 12.7. The monoisotopic (exact) mass is 654 g/mol. The van der Waals surface area contributed by atoms with Crippen LogP contribution in [-0.2, 0) is 54.2 Å². The molecule has 0 saturated carbocycles. The SMILES string of the molecule is C[C@H]1CC[C@]2(Cc3nc([S+](C)[O-])nc(OCc4ccccc4)c3CO2)c2c1ccc(N(Cc1ccccc1)Cc1ccccc1)c2C#N. The van der Waals surface area contributed by atoms with Gasteiger partial charge in [-0.25, -0.2) is 0 Å². The molecular weight excluding hydrogens is 617 g/mol. The van der Waals surface area contributed by atoms with Gasteiger partial charge in [0, 0.05) is 36.2 Å². The standard InChI is InChI=1S/C40H38N4O3S/c1-28-20-21-40(22-35-34(27-47-40)38(43-39(42-35)48(2)45)46-26-31-16-10-5-11-17-31)37-32(28)18-19-36(33(37)23-41)44(24-29-12-6-3-7-13-29)25-30-14-8-4-9-15-30/h3-19,28H,20-22,24-27H2,1-2H3/t28-,40-,48?/m0/s1. The maximum Gasteiger partial charge on any atom is 0.345 e. The van der Waals surface area contributed by atoms with Gasteiger partial charge in [0.2, 0.25) is 5.88 Å². The highest BCUT2D eigenvalue weighted by Crippen LogP contribution is 2.51. The van der Waals surface area contributed by atoms with Crippen molar-refractivity contribution in [3.8, 4) is 11.9 Å². The number of nitrogens with zero attached hydrogens (tertiary/aromatic N) is 4. The predicted octanol–water partition coefficient (Wildman–Crippen LogP) is 7.74. The summed E-state index contributed by atoms with van der Waals surface area (Å²) in [7, 11) is 0. The smallest absolute Gasteiger partial charge is 0.345 e. The Morgan fingerprint density at radius 3 is 2.15 bits per heavy atom. The number of aromatic nitrogens is 2. The van der Waals surface area contributed by atoms with Crippen LogP contribution in [0.5, 0.6) is 5.88 Å². The molecule has 0 N–H and O–H groups in total. The molecule has 4 aromatic carbocycles. The van der Waals surface area contributed by atoms with Crippen molar-refractivity contribution < 1.29 is 14.0 Å². The molecule has 7 rings (SSSR count). The van der Waals surface area contributed by atoms with Crippen LogP contribution >= 0.6 is 0 Å². The van der Waals surface area contributed by atoms with E-state index in [1.165, 1.54) is 11.1 Å². The van der Waals surface area contributed by atoms with Crippen molar-refractivity contribution in [1.82, 2.24) is 9.97 Å². The summed E-state index contributed by atoms with van der Waals surface area (Å²) in [4.78, 5) is 11.7. The first kappa shape index (κ1) is 31.9. The molecule has 0 amide bonds. The first-order valence-electron chi connectivity index (χ1n) is 16.4. The van der Waals surface area contributed by atoms with Crippen LogP contribution in [0.15, 0.2) is 108 Å². The topological polar surface area (TPSA) is 94.3 Å². The third-order valence-electron chi connectivity index (χ3n) is 9.52. The first-order valence-corrected chi connectivity index (χ1v) is 17.9. The van der Waals surface area contributed by atoms with Gasteiger partial charge in [0.25, 0.3) is 0 Å². The van der Waals surface area contributed by atoms with Crippen LogP contribution in [-0.4, -0.2) is 20.8 Å². The summed E-state index contributed by atoms with van der Waals surface area (Å²) in [6.07, 6.45) is 3.68. The minimum Gasteiger partial charge on any atom is -0.609 e. The van der Waals surface area contributed by atoms with Crippen LogP contribution in [0.1, 0.15) is 70.3 Å². The maximum atomic E-state index is 12.7. The molecule has 1 aromatic heterocycles. The Morgan fingerprint density at radius 1 is 0.917 bits per heavy atom. The van der Waals surface area contributed by atoms with E-state index in [1.807, 2.05) is 42.5 Å². The summed E-state index contributed by atoms with van der Waals surface area (Å²) >= 11 is -1.41. The zero-order valence-electron chi connectivity index (χ0n) is 27.3. The maximum absolute atomic E-state index is 12.7. The largest absolute Gasteiger partial charge is 0.609 e. The zero-order valence-corrected chi connectivity index (χ0v) is 28.1. The van der Waals surface area contributed by atoms with E-state index < -0.39 is 16.8 Å². The Morgan fingerprint density at radius 2 is 1.54 bits per heavy atom. The molecule has 242 valence electrons. The molecule has 0 radical (unpaired) electrons. The van der Waals surface area contributed by atoms with Gasteiger partial charge in [0.05, 0.1) is 29.1 Å². The summed E-state index contributed by atoms with van der Waals surface area (Å²) in [6.45, 7) is 4.08. The number of hydrogen-bond donors (Lipinski definition) is 0. The van der Waals surface area contributed by atoms with E-state index in [-0.39, 0.29) is 17.7 Å². The van der Waals surface area contributed by atoms with Crippen molar-refractivity contribution in [2.45, 2.75) is 69.2 Å². The van der Waals surface area contributed by atoms with Gasteiger partial charge in [-0.15, -0.1) is 4.98 Å². The molecule has 1 unspecified atom stereocenters. The number of hydrogen-bond acceptors (Lipinski definition) is 7. The molecule has 7 nitrogen and oxygen atoms in total. The number of rotatable bonds is 9. The van der Waals surface area contributed by atoms with Crippen molar-refractivity contribution in [2.75, 3.05) is 11.2 Å². The molecule has 1 aliphatic carbocycles. The number of anilines is 1. The minimum absolute atomic E-state index is 0.233. The second-order valence-corrected chi connectivity index (χ2v) is 14.0. The Hall–Kier alpha value is -4.68. The lowest BCUT2D eigenvalue weighted by Crippen LogP contribution is -2.42. The van der Waals surface area contributed by atoms with Crippen LogP contribution in [0.25, 0.3) is 0 Å². The number of fused-ring (bicyclic) bond motifs is 3. The van der Waals surface area contributed by atoms with Crippen LogP contribution in [0.4, 0.5) is 5.69 Å². The van der Waals surface area contributed by atoms with Gasteiger partial charge in [-0.2, -0.15) is 10.2 Å². The Bertz CT molecular complexity index is 1890. The molecule has 48 heavy (non-hydrogen) atoms. The highest BCUT2D eigenvalue weighted by molar-refractivity contribution is 7.90. The van der Waals surface area contributed by atoms with Crippen LogP contribution in [0.2, 0.25) is 0 Å². The van der Waals surface area contributed by atoms with Crippen molar-refractivity contribution in [1.29, 1.82) is 5.26 Å². The average molecular weight is 655 g/mol. The van der Waals surface area contributed by atoms with Gasteiger partial charge < -0.3 is 18.9 Å². The second kappa shape index (κ2) is 13.8. The first-order chi connectivity index (χ1) is 23.4. The zero-order chi connectivity index (χ0) is 33.1. The molecule has 3 atom stereocenters. The lowest BCUT2D eigenvalue weighted by Gasteiger charge is -2.45. The number of nitriles is 1. The summed E-state index contributed by atoms with van der Waals surface area (Å²) in [5.41, 5.74) is 7.73. The third kappa shape index (κ3) is 6.42. The van der Waals surface area contributed by atoms with E-state index in [0.717, 1.165) is 46.5 Å². The van der Waals surface area contributed by atoms with Crippen LogP contribution < -0.4 is 9.64 Å². The van der Waals surface area contributed by atoms with Crippen molar-refractivity contribution in [2.24, 2.45) is 0 Å². The highest BCUT2D eigenvalue weighted by atomic mass is 32.2. The Labute approximate surface area is 285 Å². The highest BCUT2D eigenvalue weighted by Gasteiger charge is 2.47. The van der Waals surface area contributed by atoms with Crippen LogP contribution in [0.3, 0.4) is 0 Å². The van der Waals surface area contributed by atoms with Crippen molar-refractivity contribution in [3.05, 3.63) is 148 Å². The van der Waals surface area contributed by atoms with Gasteiger partial charge in [-0.05, 0) is 47.1 Å². The predicted molar refractivity (Wildman–Crippen MR) is 187 cm³/mol. The third-order valence-corrected chi connectivity index (χ3v) is 10.2. The van der Waals surface area contributed by atoms with Crippen molar-refractivity contribution in [3.63, 3.8) is 0 Å². The van der Waals surface area contributed by atoms with Crippen LogP contribution in [0, 0.1) is 11.3 Å². The summed E-state index contributed by atoms with van der Waals surface area (Å²) in [5, 5.41) is 11.2. The van der Waals surface area contributed by atoms with Gasteiger partial charge in [0.1, 0.15) is 24.5 Å². The molecule has 2 heterocycles. The lowest BCUT2D eigenvalue weighted by molar-refractivity contribution is -0.0885. The molecule has 1 spiro atoms. The molecule has 2 aliphatic rings. The fourth-order valence-corrected chi connectivity index (χ4v) is 7.50. The molecular formula is C40H38N4O3S. The fourth-order valence-electron chi connectivity index (χ4n) is 7.05. The quantitative estimate of drug-likeness (QED) is 0.119. The van der Waals surface area contributed by atoms with E-state index >= 15 is 0 Å². The van der Waals surface area contributed by atoms with Crippen molar-refractivity contribution >= 4 is 16.9 Å². The van der Waals surface area contributed by atoms with Gasteiger partial charge >= 0.3 is 5.16 Å².